The molecule has 1 amide bonds. The van der Waals surface area contributed by atoms with Crippen molar-refractivity contribution in [2.45, 2.75) is 57.4 Å². The van der Waals surface area contributed by atoms with Crippen LogP contribution in [0.3, 0.4) is 0 Å². The highest BCUT2D eigenvalue weighted by atomic mass is 32.2. The Balaban J connectivity index is 1.45. The van der Waals surface area contributed by atoms with Gasteiger partial charge in [0, 0.05) is 19.6 Å². The minimum Gasteiger partial charge on any atom is -0.465 e. The number of carbonyl (C=O) groups excluding carboxylic acids is 2. The predicted molar refractivity (Wildman–Crippen MR) is 142 cm³/mol. The van der Waals surface area contributed by atoms with Crippen LogP contribution in [0.25, 0.3) is 11.2 Å². The number of hydrogen-bond acceptors (Lipinski definition) is 9. The molecule has 1 spiro atoms. The molecule has 38 heavy (non-hydrogen) atoms. The number of nitrogens with zero attached hydrogens (tertiary/aromatic N) is 5. The SMILES string of the molecule is CCCn1nnc2ccc(NC(=O)c3ccc(S(=O)(=O)CC(=O)OCC)cc3N3CCC4(CC3)CC4)nc21. The molecule has 5 rings (SSSR count). The van der Waals surface area contributed by atoms with E-state index >= 15 is 0 Å². The number of pyridine rings is 1. The third-order valence-electron chi connectivity index (χ3n) is 7.34. The van der Waals surface area contributed by atoms with Crippen molar-refractivity contribution in [3.8, 4) is 0 Å². The van der Waals surface area contributed by atoms with Crippen LogP contribution in [0.4, 0.5) is 11.5 Å². The van der Waals surface area contributed by atoms with Crippen LogP contribution in [0.2, 0.25) is 0 Å². The predicted octanol–water partition coefficient (Wildman–Crippen LogP) is 3.21. The average Bonchev–Trinajstić information content (AvgIpc) is 3.53. The van der Waals surface area contributed by atoms with E-state index in [4.69, 9.17) is 4.74 Å². The highest BCUT2D eigenvalue weighted by molar-refractivity contribution is 7.92. The van der Waals surface area contributed by atoms with Gasteiger partial charge < -0.3 is 15.0 Å². The van der Waals surface area contributed by atoms with E-state index in [9.17, 15) is 18.0 Å². The van der Waals surface area contributed by atoms with E-state index < -0.39 is 27.5 Å². The number of piperidine rings is 1. The number of aryl methyl sites for hydroxylation is 1. The summed E-state index contributed by atoms with van der Waals surface area (Å²) in [6.07, 6.45) is 5.31. The van der Waals surface area contributed by atoms with Gasteiger partial charge in [-0.2, -0.15) is 0 Å². The minimum atomic E-state index is -3.94. The van der Waals surface area contributed by atoms with Crippen LogP contribution in [-0.2, 0) is 25.9 Å². The average molecular weight is 541 g/mol. The Morgan fingerprint density at radius 1 is 1.08 bits per heavy atom. The van der Waals surface area contributed by atoms with Gasteiger partial charge in [-0.05, 0) is 74.8 Å². The van der Waals surface area contributed by atoms with Crippen LogP contribution in [0, 0.1) is 5.41 Å². The molecular formula is C26H32N6O5S. The molecule has 0 radical (unpaired) electrons. The third-order valence-corrected chi connectivity index (χ3v) is 8.93. The third kappa shape index (κ3) is 5.35. The molecule has 0 atom stereocenters. The number of amides is 1. The number of aromatic nitrogens is 4. The van der Waals surface area contributed by atoms with E-state index in [0.29, 0.717) is 40.2 Å². The zero-order valence-electron chi connectivity index (χ0n) is 21.6. The summed E-state index contributed by atoms with van der Waals surface area (Å²) in [7, 11) is -3.94. The summed E-state index contributed by atoms with van der Waals surface area (Å²) in [6, 6.07) is 7.80. The molecule has 1 saturated carbocycles. The molecule has 3 aromatic rings. The molecule has 11 nitrogen and oxygen atoms in total. The number of anilines is 2. The standard InChI is InChI=1S/C26H32N6O5S/c1-3-13-32-24-20(29-30-32)7-8-22(27-24)28-25(34)19-6-5-18(38(35,36)17-23(33)37-4-2)16-21(19)31-14-11-26(9-10-26)12-15-31/h5-8,16H,3-4,9-15,17H2,1-2H3,(H,27,28,34). The van der Waals surface area contributed by atoms with E-state index in [0.717, 1.165) is 32.4 Å². The first-order valence-electron chi connectivity index (χ1n) is 13.0. The minimum absolute atomic E-state index is 0.0158. The number of ether oxygens (including phenoxy) is 1. The zero-order chi connectivity index (χ0) is 26.9. The first-order chi connectivity index (χ1) is 18.2. The van der Waals surface area contributed by atoms with Crippen molar-refractivity contribution in [2.24, 2.45) is 5.41 Å². The lowest BCUT2D eigenvalue weighted by Crippen LogP contribution is -2.36. The van der Waals surface area contributed by atoms with Gasteiger partial charge in [-0.1, -0.05) is 12.1 Å². The number of sulfone groups is 1. The van der Waals surface area contributed by atoms with Crippen LogP contribution in [0.5, 0.6) is 0 Å². The maximum Gasteiger partial charge on any atom is 0.321 e. The fourth-order valence-corrected chi connectivity index (χ4v) is 6.09. The van der Waals surface area contributed by atoms with Gasteiger partial charge in [0.2, 0.25) is 0 Å². The second-order valence-electron chi connectivity index (χ2n) is 10.0. The van der Waals surface area contributed by atoms with Crippen molar-refractivity contribution >= 4 is 44.4 Å². The lowest BCUT2D eigenvalue weighted by atomic mass is 9.93. The Kier molecular flexibility index (Phi) is 7.08. The van der Waals surface area contributed by atoms with Crippen LogP contribution in [-0.4, -0.2) is 65.7 Å². The molecule has 1 saturated heterocycles. The van der Waals surface area contributed by atoms with E-state index in [1.807, 2.05) is 6.92 Å². The zero-order valence-corrected chi connectivity index (χ0v) is 22.5. The summed E-state index contributed by atoms with van der Waals surface area (Å²) in [5.41, 5.74) is 2.49. The summed E-state index contributed by atoms with van der Waals surface area (Å²) in [5, 5.41) is 11.1. The molecule has 2 fully saturated rings. The quantitative estimate of drug-likeness (QED) is 0.406. The molecule has 202 valence electrons. The van der Waals surface area contributed by atoms with E-state index in [1.54, 1.807) is 23.7 Å². The van der Waals surface area contributed by atoms with Gasteiger partial charge in [0.15, 0.2) is 21.2 Å². The van der Waals surface area contributed by atoms with Gasteiger partial charge in [-0.15, -0.1) is 5.10 Å². The smallest absolute Gasteiger partial charge is 0.321 e. The molecule has 1 aliphatic carbocycles. The number of fused-ring (bicyclic) bond motifs is 1. The van der Waals surface area contributed by atoms with Gasteiger partial charge in [-0.25, -0.2) is 18.1 Å². The van der Waals surface area contributed by atoms with Gasteiger partial charge >= 0.3 is 5.97 Å². The first kappa shape index (κ1) is 26.1. The van der Waals surface area contributed by atoms with E-state index in [-0.39, 0.29) is 11.5 Å². The van der Waals surface area contributed by atoms with Crippen LogP contribution >= 0.6 is 0 Å². The van der Waals surface area contributed by atoms with Gasteiger partial charge in [0.1, 0.15) is 11.3 Å². The number of esters is 1. The monoisotopic (exact) mass is 540 g/mol. The molecule has 2 aliphatic rings. The summed E-state index contributed by atoms with van der Waals surface area (Å²) in [5.74, 6) is -1.61. The summed E-state index contributed by atoms with van der Waals surface area (Å²) >= 11 is 0. The van der Waals surface area contributed by atoms with Crippen LogP contribution in [0.1, 0.15) is 56.3 Å². The fraction of sp³-hybridized carbons (Fsp3) is 0.500. The lowest BCUT2D eigenvalue weighted by molar-refractivity contribution is -0.139. The van der Waals surface area contributed by atoms with Crippen molar-refractivity contribution in [2.75, 3.05) is 35.7 Å². The van der Waals surface area contributed by atoms with Gasteiger partial charge in [-0.3, -0.25) is 9.59 Å². The van der Waals surface area contributed by atoms with Gasteiger partial charge in [0.25, 0.3) is 5.91 Å². The van der Waals surface area contributed by atoms with Crippen molar-refractivity contribution in [1.29, 1.82) is 0 Å². The Morgan fingerprint density at radius 3 is 2.53 bits per heavy atom. The molecule has 2 aromatic heterocycles. The molecule has 3 heterocycles. The topological polar surface area (TPSA) is 136 Å². The lowest BCUT2D eigenvalue weighted by Gasteiger charge is -2.35. The van der Waals surface area contributed by atoms with Gasteiger partial charge in [0.05, 0.1) is 22.8 Å². The molecule has 1 N–H and O–H groups in total. The van der Waals surface area contributed by atoms with Crippen molar-refractivity contribution in [3.63, 3.8) is 0 Å². The van der Waals surface area contributed by atoms with Crippen molar-refractivity contribution in [3.05, 3.63) is 35.9 Å². The maximum absolute atomic E-state index is 13.5. The Hall–Kier alpha value is -3.54. The number of hydrogen-bond donors (Lipinski definition) is 1. The normalized spacial score (nSPS) is 16.5. The first-order valence-corrected chi connectivity index (χ1v) is 14.7. The van der Waals surface area contributed by atoms with Crippen LogP contribution in [0.15, 0.2) is 35.2 Å². The van der Waals surface area contributed by atoms with Crippen molar-refractivity contribution in [1.82, 2.24) is 20.0 Å². The number of nitrogens with one attached hydrogen (secondary N) is 1. The second kappa shape index (κ2) is 10.3. The molecular weight excluding hydrogens is 508 g/mol. The summed E-state index contributed by atoms with van der Waals surface area (Å²) in [6.45, 7) is 5.87. The number of carbonyl (C=O) groups is 2. The largest absolute Gasteiger partial charge is 0.465 e. The molecule has 0 unspecified atom stereocenters. The molecule has 1 aromatic carbocycles. The van der Waals surface area contributed by atoms with E-state index in [2.05, 4.69) is 25.5 Å². The number of benzene rings is 1. The Morgan fingerprint density at radius 2 is 1.84 bits per heavy atom. The highest BCUT2D eigenvalue weighted by Crippen LogP contribution is 2.54. The molecule has 12 heteroatoms. The Labute approximate surface area is 221 Å². The number of rotatable bonds is 9. The van der Waals surface area contributed by atoms with E-state index in [1.165, 1.54) is 31.0 Å². The summed E-state index contributed by atoms with van der Waals surface area (Å²) in [4.78, 5) is 32.0. The molecule has 0 bridgehead atoms. The second-order valence-corrected chi connectivity index (χ2v) is 12.0. The fourth-order valence-electron chi connectivity index (χ4n) is 4.97. The highest BCUT2D eigenvalue weighted by Gasteiger charge is 2.44. The maximum atomic E-state index is 13.5. The van der Waals surface area contributed by atoms with Crippen molar-refractivity contribution < 1.29 is 22.7 Å². The van der Waals surface area contributed by atoms with Crippen LogP contribution < -0.4 is 10.2 Å². The summed E-state index contributed by atoms with van der Waals surface area (Å²) < 4.78 is 32.5. The Bertz CT molecular complexity index is 1470. The molecule has 1 aliphatic heterocycles.